The number of carbonyl (C=O) groups is 2. The van der Waals surface area contributed by atoms with E-state index in [1.807, 2.05) is 0 Å². The first-order chi connectivity index (χ1) is 20.1. The van der Waals surface area contributed by atoms with Crippen LogP contribution in [0.5, 0.6) is 5.88 Å². The fourth-order valence-electron chi connectivity index (χ4n) is 3.66. The number of halogens is 2. The lowest BCUT2D eigenvalue weighted by molar-refractivity contribution is -0.117. The molecule has 1 aliphatic rings. The van der Waals surface area contributed by atoms with Gasteiger partial charge in [-0.3, -0.25) is 34.0 Å². The Morgan fingerprint density at radius 1 is 0.767 bits per heavy atom. The SMILES string of the molecule is O=C1NN(c2ccc(S(=O)(=O)O)cc2[123I])C(=O)\C1=C/C=C/C=C/C=C/c1c(O)n(-c2ccc(S(=O)(=O)O)cc2[123I])[nH]c1=O. The second kappa shape index (κ2) is 12.6. The van der Waals surface area contributed by atoms with Crippen LogP contribution in [0, 0.1) is 7.14 Å². The van der Waals surface area contributed by atoms with Crippen LogP contribution in [0.4, 0.5) is 5.69 Å². The van der Waals surface area contributed by atoms with Crippen LogP contribution >= 0.6 is 45.2 Å². The van der Waals surface area contributed by atoms with E-state index in [2.05, 4.69) is 10.5 Å². The van der Waals surface area contributed by atoms with Gasteiger partial charge in [-0.1, -0.05) is 30.4 Å². The van der Waals surface area contributed by atoms with E-state index in [1.165, 1.54) is 60.7 Å². The number of aromatic nitrogens is 2. The maximum Gasteiger partial charge on any atom is 0.294 e. The van der Waals surface area contributed by atoms with E-state index in [1.54, 1.807) is 45.2 Å². The van der Waals surface area contributed by atoms with E-state index in [0.29, 0.717) is 3.57 Å². The zero-order valence-corrected chi connectivity index (χ0v) is 27.1. The minimum Gasteiger partial charge on any atom is -0.493 e. The summed E-state index contributed by atoms with van der Waals surface area (Å²) in [4.78, 5) is 36.8. The fraction of sp³-hybridized carbons (Fsp3) is 0. The number of aromatic hydroxyl groups is 1. The molecule has 3 aromatic rings. The van der Waals surface area contributed by atoms with Gasteiger partial charge < -0.3 is 5.11 Å². The first kappa shape index (κ1) is 32.3. The number of aromatic amines is 1. The Labute approximate surface area is 270 Å². The van der Waals surface area contributed by atoms with E-state index >= 15 is 0 Å². The average Bonchev–Trinajstić information content (AvgIpc) is 3.35. The summed E-state index contributed by atoms with van der Waals surface area (Å²) in [5.41, 5.74) is 1.96. The number of rotatable bonds is 8. The molecule has 0 bridgehead atoms. The van der Waals surface area contributed by atoms with E-state index in [-0.39, 0.29) is 35.9 Å². The summed E-state index contributed by atoms with van der Waals surface area (Å²) in [5, 5.41) is 13.9. The molecule has 2 amide bonds. The Balaban J connectivity index is 1.45. The monoisotopic (exact) mass is 844 g/mol. The number of benzene rings is 2. The van der Waals surface area contributed by atoms with Gasteiger partial charge in [-0.25, -0.2) is 9.69 Å². The van der Waals surface area contributed by atoms with Gasteiger partial charge in [0.2, 0.25) is 5.88 Å². The molecule has 1 aliphatic heterocycles. The van der Waals surface area contributed by atoms with Crippen molar-refractivity contribution in [3.63, 3.8) is 0 Å². The quantitative estimate of drug-likeness (QED) is 0.0735. The molecule has 2 aromatic carbocycles. The predicted octanol–water partition coefficient (Wildman–Crippen LogP) is 2.70. The lowest BCUT2D eigenvalue weighted by Crippen LogP contribution is -2.36. The van der Waals surface area contributed by atoms with Crippen molar-refractivity contribution in [1.82, 2.24) is 15.2 Å². The molecule has 5 N–H and O–H groups in total. The Kier molecular flexibility index (Phi) is 9.46. The first-order valence-electron chi connectivity index (χ1n) is 11.5. The van der Waals surface area contributed by atoms with Gasteiger partial charge in [0, 0.05) is 7.14 Å². The zero-order chi connectivity index (χ0) is 31.7. The minimum atomic E-state index is -4.44. The van der Waals surface area contributed by atoms with Crippen molar-refractivity contribution in [1.29, 1.82) is 0 Å². The third-order valence-electron chi connectivity index (χ3n) is 5.69. The molecule has 1 aromatic heterocycles. The molecule has 14 nitrogen and oxygen atoms in total. The minimum absolute atomic E-state index is 0.0852. The number of hydrogen-bond acceptors (Lipinski definition) is 8. The van der Waals surface area contributed by atoms with Crippen LogP contribution in [-0.2, 0) is 29.8 Å². The second-order valence-electron chi connectivity index (χ2n) is 8.48. The zero-order valence-electron chi connectivity index (χ0n) is 21.2. The summed E-state index contributed by atoms with van der Waals surface area (Å²) in [6.45, 7) is 0. The first-order valence-corrected chi connectivity index (χ1v) is 16.6. The number of hydrazine groups is 1. The molecule has 0 radical (unpaired) electrons. The number of H-pyrrole nitrogens is 1. The van der Waals surface area contributed by atoms with Crippen molar-refractivity contribution in [2.75, 3.05) is 5.01 Å². The van der Waals surface area contributed by atoms with Gasteiger partial charge in [0.05, 0.1) is 21.2 Å². The smallest absolute Gasteiger partial charge is 0.294 e. The maximum absolute atomic E-state index is 12.8. The largest absolute Gasteiger partial charge is 0.493 e. The Hall–Kier alpha value is -3.57. The van der Waals surface area contributed by atoms with Crippen molar-refractivity contribution in [3.05, 3.63) is 101 Å². The topological polar surface area (TPSA) is 216 Å². The summed E-state index contributed by atoms with van der Waals surface area (Å²) in [5.74, 6) is -1.81. The number of carbonyl (C=O) groups excluding carboxylic acids is 2. The Bertz CT molecular complexity index is 2060. The van der Waals surface area contributed by atoms with Crippen LogP contribution in [0.2, 0.25) is 0 Å². The maximum atomic E-state index is 12.8. The lowest BCUT2D eigenvalue weighted by atomic mass is 10.2. The molecule has 1 saturated heterocycles. The lowest BCUT2D eigenvalue weighted by Gasteiger charge is -2.16. The van der Waals surface area contributed by atoms with E-state index in [4.69, 9.17) is 0 Å². The third-order valence-corrected chi connectivity index (χ3v) is 9.12. The number of hydrogen-bond donors (Lipinski definition) is 5. The Morgan fingerprint density at radius 3 is 1.86 bits per heavy atom. The van der Waals surface area contributed by atoms with Gasteiger partial charge in [0.15, 0.2) is 0 Å². The summed E-state index contributed by atoms with van der Waals surface area (Å²) >= 11 is 3.56. The highest BCUT2D eigenvalue weighted by Gasteiger charge is 2.35. The summed E-state index contributed by atoms with van der Waals surface area (Å²) < 4.78 is 65.4. The van der Waals surface area contributed by atoms with Crippen LogP contribution in [0.3, 0.4) is 0 Å². The van der Waals surface area contributed by atoms with Crippen molar-refractivity contribution in [2.24, 2.45) is 0 Å². The van der Waals surface area contributed by atoms with Crippen LogP contribution in [0.15, 0.2) is 93.0 Å². The molecule has 0 spiro atoms. The molecular formula is C25H18I2N4O10S2. The van der Waals surface area contributed by atoms with Crippen molar-refractivity contribution >= 4 is 89.0 Å². The van der Waals surface area contributed by atoms with Gasteiger partial charge in [0.1, 0.15) is 11.1 Å². The number of amides is 2. The second-order valence-corrected chi connectivity index (χ2v) is 13.6. The molecule has 0 atom stereocenters. The molecule has 0 saturated carbocycles. The molecule has 18 heteroatoms. The highest BCUT2D eigenvalue weighted by molar-refractivity contribution is 14.1. The standard InChI is InChI=1S/C25H18I2N4O10S2/c26-18-12-14(42(36,37)38)8-10-20(18)30-24(34)16(22(32)28-30)6-4-2-1-3-5-7-17-23(33)29-31(25(17)35)21-11-9-15(13-19(21)27)43(39,40)41/h1-13,34H,(H,28,32)(H,29,33)(H,36,37,38)(H,39,40,41)/b2-1+,5-3+,6-4+,17-7-/i26-4,27-4. The highest BCUT2D eigenvalue weighted by atomic mass is 123. The molecule has 0 unspecified atom stereocenters. The molecule has 2 heterocycles. The number of allylic oxidation sites excluding steroid dienone is 6. The molecule has 1 fully saturated rings. The van der Waals surface area contributed by atoms with Crippen molar-refractivity contribution in [2.45, 2.75) is 9.79 Å². The molecule has 43 heavy (non-hydrogen) atoms. The number of nitrogens with one attached hydrogen (secondary N) is 2. The molecular weight excluding hydrogens is 826 g/mol. The van der Waals surface area contributed by atoms with Crippen LogP contribution < -0.4 is 16.0 Å². The van der Waals surface area contributed by atoms with Gasteiger partial charge in [0.25, 0.3) is 37.6 Å². The van der Waals surface area contributed by atoms with Gasteiger partial charge >= 0.3 is 0 Å². The average molecular weight is 844 g/mol. The number of nitrogens with zero attached hydrogens (tertiary/aromatic N) is 2. The van der Waals surface area contributed by atoms with Gasteiger partial charge in [-0.05, 0) is 93.7 Å². The van der Waals surface area contributed by atoms with Gasteiger partial charge in [-0.15, -0.1) is 0 Å². The summed E-state index contributed by atoms with van der Waals surface area (Å²) in [6.07, 6.45) is 10.0. The van der Waals surface area contributed by atoms with Crippen LogP contribution in [-0.4, -0.2) is 52.6 Å². The summed E-state index contributed by atoms with van der Waals surface area (Å²) in [7, 11) is -8.87. The van der Waals surface area contributed by atoms with E-state index in [9.17, 15) is 45.4 Å². The molecule has 224 valence electrons. The normalized spacial score (nSPS) is 15.5. The highest BCUT2D eigenvalue weighted by Crippen LogP contribution is 2.28. The third kappa shape index (κ3) is 7.15. The van der Waals surface area contributed by atoms with E-state index in [0.717, 1.165) is 27.9 Å². The van der Waals surface area contributed by atoms with Gasteiger partial charge in [-0.2, -0.15) is 16.8 Å². The van der Waals surface area contributed by atoms with Crippen LogP contribution in [0.1, 0.15) is 5.56 Å². The Morgan fingerprint density at radius 2 is 1.30 bits per heavy atom. The number of anilines is 1. The van der Waals surface area contributed by atoms with E-state index < -0.39 is 43.5 Å². The fourth-order valence-corrected chi connectivity index (χ4v) is 6.61. The molecule has 4 rings (SSSR count). The van der Waals surface area contributed by atoms with Crippen LogP contribution in [0.25, 0.3) is 11.8 Å². The molecule has 0 aliphatic carbocycles. The van der Waals surface area contributed by atoms with Crippen molar-refractivity contribution in [3.8, 4) is 11.6 Å². The predicted molar refractivity (Wildman–Crippen MR) is 171 cm³/mol. The summed E-state index contributed by atoms with van der Waals surface area (Å²) in [6, 6.07) is 7.12. The van der Waals surface area contributed by atoms with Crippen molar-refractivity contribution < 1.29 is 40.6 Å².